The van der Waals surface area contributed by atoms with Gasteiger partial charge in [0, 0.05) is 15.2 Å². The molecular weight excluding hydrogens is 456 g/mol. The third-order valence-electron chi connectivity index (χ3n) is 3.77. The van der Waals surface area contributed by atoms with Gasteiger partial charge < -0.3 is 14.8 Å². The lowest BCUT2D eigenvalue weighted by Gasteiger charge is -2.13. The molecular formula is C22H18BrClN2O3. The standard InChI is InChI=1S/C22H18BrClN2O3/c1-4-8-29-21-12-18(23)15(10-20(21)28-5-2)9-16(13-25)22(27)26-17-7-6-14(3)19(24)11-17/h1,6-7,9-12H,5,8H2,2-3H3,(H,26,27). The molecule has 0 saturated carbocycles. The van der Waals surface area contributed by atoms with E-state index in [1.165, 1.54) is 6.08 Å². The topological polar surface area (TPSA) is 71.3 Å². The van der Waals surface area contributed by atoms with Crippen LogP contribution in [-0.4, -0.2) is 19.1 Å². The minimum atomic E-state index is -0.551. The second-order valence-corrected chi connectivity index (χ2v) is 7.10. The lowest BCUT2D eigenvalue weighted by Crippen LogP contribution is -2.13. The number of amides is 1. The van der Waals surface area contributed by atoms with Crippen molar-refractivity contribution in [3.8, 4) is 29.9 Å². The number of carbonyl (C=O) groups is 1. The minimum absolute atomic E-state index is 0.0814. The summed E-state index contributed by atoms with van der Waals surface area (Å²) in [5, 5.41) is 12.7. The van der Waals surface area contributed by atoms with Gasteiger partial charge in [-0.25, -0.2) is 0 Å². The van der Waals surface area contributed by atoms with Crippen molar-refractivity contribution in [1.82, 2.24) is 0 Å². The van der Waals surface area contributed by atoms with Crippen molar-refractivity contribution in [2.75, 3.05) is 18.5 Å². The van der Waals surface area contributed by atoms with Gasteiger partial charge in [0.15, 0.2) is 11.5 Å². The van der Waals surface area contributed by atoms with E-state index in [1.807, 2.05) is 19.9 Å². The molecule has 0 atom stereocenters. The van der Waals surface area contributed by atoms with E-state index in [0.29, 0.717) is 38.9 Å². The van der Waals surface area contributed by atoms with Gasteiger partial charge in [0.25, 0.3) is 5.91 Å². The van der Waals surface area contributed by atoms with Crippen molar-refractivity contribution >= 4 is 45.2 Å². The zero-order valence-electron chi connectivity index (χ0n) is 15.9. The van der Waals surface area contributed by atoms with E-state index in [0.717, 1.165) is 5.56 Å². The predicted molar refractivity (Wildman–Crippen MR) is 118 cm³/mol. The van der Waals surface area contributed by atoms with E-state index in [4.69, 9.17) is 27.5 Å². The summed E-state index contributed by atoms with van der Waals surface area (Å²) in [5.74, 6) is 2.77. The molecule has 0 aliphatic rings. The van der Waals surface area contributed by atoms with Crippen molar-refractivity contribution in [2.24, 2.45) is 0 Å². The van der Waals surface area contributed by atoms with Gasteiger partial charge in [-0.05, 0) is 55.3 Å². The fraction of sp³-hybridized carbons (Fsp3) is 0.182. The van der Waals surface area contributed by atoms with Gasteiger partial charge in [0.1, 0.15) is 18.2 Å². The van der Waals surface area contributed by atoms with Crippen LogP contribution in [0.25, 0.3) is 6.08 Å². The van der Waals surface area contributed by atoms with Crippen LogP contribution < -0.4 is 14.8 Å². The van der Waals surface area contributed by atoms with Crippen LogP contribution in [0.4, 0.5) is 5.69 Å². The number of nitriles is 1. The van der Waals surface area contributed by atoms with Gasteiger partial charge in [-0.15, -0.1) is 6.42 Å². The second kappa shape index (κ2) is 10.6. The zero-order valence-corrected chi connectivity index (χ0v) is 18.2. The van der Waals surface area contributed by atoms with Gasteiger partial charge in [-0.1, -0.05) is 39.5 Å². The van der Waals surface area contributed by atoms with E-state index in [1.54, 1.807) is 30.3 Å². The highest BCUT2D eigenvalue weighted by Gasteiger charge is 2.14. The van der Waals surface area contributed by atoms with Crippen LogP contribution >= 0.6 is 27.5 Å². The Morgan fingerprint density at radius 1 is 1.31 bits per heavy atom. The zero-order chi connectivity index (χ0) is 21.4. The Hall–Kier alpha value is -2.93. The number of hydrogen-bond acceptors (Lipinski definition) is 4. The Bertz CT molecular complexity index is 1040. The first-order valence-corrected chi connectivity index (χ1v) is 9.78. The number of terminal acetylenes is 1. The van der Waals surface area contributed by atoms with Gasteiger partial charge in [0.2, 0.25) is 0 Å². The van der Waals surface area contributed by atoms with Gasteiger partial charge in [-0.3, -0.25) is 4.79 Å². The Morgan fingerprint density at radius 3 is 2.66 bits per heavy atom. The van der Waals surface area contributed by atoms with Crippen molar-refractivity contribution in [1.29, 1.82) is 5.26 Å². The van der Waals surface area contributed by atoms with Gasteiger partial charge >= 0.3 is 0 Å². The smallest absolute Gasteiger partial charge is 0.266 e. The molecule has 1 N–H and O–H groups in total. The van der Waals surface area contributed by atoms with Crippen LogP contribution in [0.5, 0.6) is 11.5 Å². The van der Waals surface area contributed by atoms with Crippen molar-refractivity contribution in [3.05, 3.63) is 56.5 Å². The first kappa shape index (κ1) is 22.4. The Balaban J connectivity index is 2.34. The number of benzene rings is 2. The molecule has 2 rings (SSSR count). The van der Waals surface area contributed by atoms with Crippen molar-refractivity contribution < 1.29 is 14.3 Å². The lowest BCUT2D eigenvalue weighted by molar-refractivity contribution is -0.112. The lowest BCUT2D eigenvalue weighted by atomic mass is 10.1. The quantitative estimate of drug-likeness (QED) is 0.333. The number of nitrogens with zero attached hydrogens (tertiary/aromatic N) is 1. The summed E-state index contributed by atoms with van der Waals surface area (Å²) in [5.41, 5.74) is 1.89. The normalized spacial score (nSPS) is 10.6. The predicted octanol–water partition coefficient (Wildman–Crippen LogP) is 5.37. The summed E-state index contributed by atoms with van der Waals surface area (Å²) in [4.78, 5) is 12.5. The molecule has 0 bridgehead atoms. The average molecular weight is 474 g/mol. The molecule has 0 aromatic heterocycles. The molecule has 5 nitrogen and oxygen atoms in total. The summed E-state index contributed by atoms with van der Waals surface area (Å²) in [6.45, 7) is 4.20. The Kier molecular flexibility index (Phi) is 8.15. The molecule has 0 radical (unpaired) electrons. The second-order valence-electron chi connectivity index (χ2n) is 5.83. The summed E-state index contributed by atoms with van der Waals surface area (Å²) < 4.78 is 11.7. The number of halogens is 2. The van der Waals surface area contributed by atoms with Crippen LogP contribution in [0, 0.1) is 30.6 Å². The fourth-order valence-corrected chi connectivity index (χ4v) is 2.95. The molecule has 2 aromatic carbocycles. The number of hydrogen-bond donors (Lipinski definition) is 1. The molecule has 7 heteroatoms. The summed E-state index contributed by atoms with van der Waals surface area (Å²) in [6.07, 6.45) is 6.70. The first-order valence-electron chi connectivity index (χ1n) is 8.61. The number of carbonyl (C=O) groups excluding carboxylic acids is 1. The molecule has 0 spiro atoms. The van der Waals surface area contributed by atoms with E-state index in [2.05, 4.69) is 27.2 Å². The monoisotopic (exact) mass is 472 g/mol. The van der Waals surface area contributed by atoms with E-state index in [9.17, 15) is 10.1 Å². The average Bonchev–Trinajstić information content (AvgIpc) is 2.69. The number of aryl methyl sites for hydroxylation is 1. The molecule has 0 aliphatic heterocycles. The molecule has 0 aliphatic carbocycles. The maximum Gasteiger partial charge on any atom is 0.266 e. The maximum atomic E-state index is 12.5. The van der Waals surface area contributed by atoms with Gasteiger partial charge in [-0.2, -0.15) is 5.26 Å². The number of anilines is 1. The largest absolute Gasteiger partial charge is 0.490 e. The molecule has 0 heterocycles. The first-order chi connectivity index (χ1) is 13.9. The van der Waals surface area contributed by atoms with Crippen LogP contribution in [-0.2, 0) is 4.79 Å². The molecule has 29 heavy (non-hydrogen) atoms. The third kappa shape index (κ3) is 6.02. The van der Waals surface area contributed by atoms with Crippen molar-refractivity contribution in [3.63, 3.8) is 0 Å². The third-order valence-corrected chi connectivity index (χ3v) is 4.86. The number of rotatable bonds is 7. The maximum absolute atomic E-state index is 12.5. The molecule has 0 fully saturated rings. The molecule has 0 unspecified atom stereocenters. The number of nitrogens with one attached hydrogen (secondary N) is 1. The van der Waals surface area contributed by atoms with Crippen LogP contribution in [0.2, 0.25) is 5.02 Å². The molecule has 2 aromatic rings. The van der Waals surface area contributed by atoms with Gasteiger partial charge in [0.05, 0.1) is 6.61 Å². The molecule has 0 saturated heterocycles. The highest BCUT2D eigenvalue weighted by atomic mass is 79.9. The van der Waals surface area contributed by atoms with Crippen LogP contribution in [0.15, 0.2) is 40.4 Å². The summed E-state index contributed by atoms with van der Waals surface area (Å²) in [6, 6.07) is 10.4. The van der Waals surface area contributed by atoms with Crippen LogP contribution in [0.3, 0.4) is 0 Å². The fourth-order valence-electron chi connectivity index (χ4n) is 2.34. The minimum Gasteiger partial charge on any atom is -0.490 e. The highest BCUT2D eigenvalue weighted by molar-refractivity contribution is 9.10. The van der Waals surface area contributed by atoms with E-state index in [-0.39, 0.29) is 12.2 Å². The summed E-state index contributed by atoms with van der Waals surface area (Å²) in [7, 11) is 0. The van der Waals surface area contributed by atoms with E-state index >= 15 is 0 Å². The van der Waals surface area contributed by atoms with Crippen molar-refractivity contribution in [2.45, 2.75) is 13.8 Å². The summed E-state index contributed by atoms with van der Waals surface area (Å²) >= 11 is 9.51. The molecule has 148 valence electrons. The Labute approximate surface area is 183 Å². The SMILES string of the molecule is C#CCOc1cc(Br)c(C=C(C#N)C(=O)Nc2ccc(C)c(Cl)c2)cc1OCC. The van der Waals surface area contributed by atoms with E-state index < -0.39 is 5.91 Å². The highest BCUT2D eigenvalue weighted by Crippen LogP contribution is 2.35. The molecule has 1 amide bonds. The Morgan fingerprint density at radius 2 is 2.03 bits per heavy atom. The van der Waals surface area contributed by atoms with Crippen LogP contribution in [0.1, 0.15) is 18.1 Å². The number of ether oxygens (including phenoxy) is 2.